The summed E-state index contributed by atoms with van der Waals surface area (Å²) in [6, 6.07) is 8.63. The molecule has 6 rings (SSSR count). The maximum atomic E-state index is 14.8. The molecule has 2 saturated heterocycles. The van der Waals surface area contributed by atoms with Crippen LogP contribution in [0.4, 0.5) is 27.7 Å². The van der Waals surface area contributed by atoms with Gasteiger partial charge in [-0.1, -0.05) is 19.9 Å². The van der Waals surface area contributed by atoms with Gasteiger partial charge in [0, 0.05) is 70.8 Å². The number of rotatable bonds is 9. The monoisotopic (exact) mass is 580 g/mol. The lowest BCUT2D eigenvalue weighted by molar-refractivity contribution is -0.00860. The van der Waals surface area contributed by atoms with Gasteiger partial charge in [-0.15, -0.1) is 0 Å². The van der Waals surface area contributed by atoms with E-state index in [1.807, 2.05) is 6.20 Å². The van der Waals surface area contributed by atoms with E-state index >= 15 is 0 Å². The van der Waals surface area contributed by atoms with E-state index in [2.05, 4.69) is 59.2 Å². The van der Waals surface area contributed by atoms with Crippen LogP contribution in [0, 0.1) is 11.8 Å². The van der Waals surface area contributed by atoms with Gasteiger partial charge < -0.3 is 20.2 Å². The molecular formula is C31H41FN6O2S. The fourth-order valence-corrected chi connectivity index (χ4v) is 7.99. The van der Waals surface area contributed by atoms with Crippen molar-refractivity contribution in [2.75, 3.05) is 46.3 Å². The first kappa shape index (κ1) is 28.3. The number of nitrogens with zero attached hydrogens (tertiary/aromatic N) is 5. The normalized spacial score (nSPS) is 27.2. The van der Waals surface area contributed by atoms with E-state index in [1.165, 1.54) is 31.0 Å². The van der Waals surface area contributed by atoms with Crippen LogP contribution in [-0.4, -0.2) is 73.2 Å². The minimum absolute atomic E-state index is 0.0403. The third-order valence-corrected chi connectivity index (χ3v) is 10.7. The summed E-state index contributed by atoms with van der Waals surface area (Å²) in [5.74, 6) is 4.84. The van der Waals surface area contributed by atoms with E-state index in [1.54, 1.807) is 17.2 Å². The van der Waals surface area contributed by atoms with Gasteiger partial charge >= 0.3 is 0 Å². The van der Waals surface area contributed by atoms with E-state index in [0.29, 0.717) is 54.3 Å². The summed E-state index contributed by atoms with van der Waals surface area (Å²) in [4.78, 5) is 17.9. The first-order valence-electron chi connectivity index (χ1n) is 14.9. The highest BCUT2D eigenvalue weighted by Crippen LogP contribution is 2.40. The third kappa shape index (κ3) is 5.91. The Labute approximate surface area is 244 Å². The number of benzene rings is 1. The lowest BCUT2D eigenvalue weighted by atomic mass is 9.88. The van der Waals surface area contributed by atoms with E-state index in [0.717, 1.165) is 28.8 Å². The van der Waals surface area contributed by atoms with Gasteiger partial charge in [-0.05, 0) is 74.1 Å². The van der Waals surface area contributed by atoms with Crippen LogP contribution in [0.2, 0.25) is 0 Å². The van der Waals surface area contributed by atoms with Crippen molar-refractivity contribution in [1.29, 1.82) is 0 Å². The molecule has 2 N–H and O–H groups in total. The molecule has 0 spiro atoms. The molecule has 5 atom stereocenters. The SMILES string of the molecule is CC(C)c1ccc(N2C[C@H](C[S@](=O)CC3CC3)[C@H]2C)c2cnc(Nc3ccnc(N4CC[C@H](O)[C@](C)(F)C4)n3)cc12. The Hall–Kier alpha value is -2.85. The summed E-state index contributed by atoms with van der Waals surface area (Å²) < 4.78 is 27.4. The second-order valence-corrected chi connectivity index (χ2v) is 14.2. The molecule has 0 bridgehead atoms. The lowest BCUT2D eigenvalue weighted by Crippen LogP contribution is -2.56. The maximum Gasteiger partial charge on any atom is 0.227 e. The fraction of sp³-hybridized carbons (Fsp3) is 0.581. The number of hydrogen-bond donors (Lipinski definition) is 2. The highest BCUT2D eigenvalue weighted by atomic mass is 32.2. The van der Waals surface area contributed by atoms with Crippen molar-refractivity contribution in [3.05, 3.63) is 42.2 Å². The summed E-state index contributed by atoms with van der Waals surface area (Å²) in [5, 5.41) is 15.6. The largest absolute Gasteiger partial charge is 0.390 e. The van der Waals surface area contributed by atoms with Gasteiger partial charge in [0.1, 0.15) is 11.6 Å². The molecule has 1 aliphatic carbocycles. The zero-order valence-electron chi connectivity index (χ0n) is 24.4. The minimum Gasteiger partial charge on any atom is -0.390 e. The highest BCUT2D eigenvalue weighted by molar-refractivity contribution is 7.85. The molecule has 0 radical (unpaired) electrons. The Kier molecular flexibility index (Phi) is 7.65. The lowest BCUT2D eigenvalue weighted by Gasteiger charge is -2.48. The summed E-state index contributed by atoms with van der Waals surface area (Å²) in [5.41, 5.74) is 0.713. The first-order valence-corrected chi connectivity index (χ1v) is 16.3. The third-order valence-electron chi connectivity index (χ3n) is 9.02. The molecule has 2 aliphatic heterocycles. The summed E-state index contributed by atoms with van der Waals surface area (Å²) in [6.07, 6.45) is 5.43. The number of pyridine rings is 1. The highest BCUT2D eigenvalue weighted by Gasteiger charge is 2.40. The molecule has 8 nitrogen and oxygen atoms in total. The number of halogens is 1. The standard InChI is InChI=1S/C31H41FN6O2S/c1-19(2)23-7-8-26(38-15-22(20(38)3)17-41(40)16-21-5-6-21)25-14-34-29(13-24(23)25)35-28-9-11-33-30(36-28)37-12-10-27(39)31(4,32)18-37/h7-9,11,13-14,19-22,27,39H,5-6,10,12,15-18H2,1-4H3,(H,33,34,35,36)/t20-,22-,27+,31-,41-/m1/s1. The zero-order chi connectivity index (χ0) is 28.9. The Morgan fingerprint density at radius 1 is 1.15 bits per heavy atom. The molecule has 2 aromatic heterocycles. The molecule has 1 aromatic carbocycles. The van der Waals surface area contributed by atoms with Crippen LogP contribution in [0.25, 0.3) is 10.8 Å². The predicted molar refractivity (Wildman–Crippen MR) is 164 cm³/mol. The first-order chi connectivity index (χ1) is 19.6. The average molecular weight is 581 g/mol. The number of aliphatic hydroxyl groups excluding tert-OH is 1. The smallest absolute Gasteiger partial charge is 0.227 e. The van der Waals surface area contributed by atoms with Gasteiger partial charge in [-0.25, -0.2) is 14.4 Å². The van der Waals surface area contributed by atoms with Crippen molar-refractivity contribution < 1.29 is 13.7 Å². The van der Waals surface area contributed by atoms with Gasteiger partial charge in [0.2, 0.25) is 5.95 Å². The molecule has 41 heavy (non-hydrogen) atoms. The van der Waals surface area contributed by atoms with E-state index in [9.17, 15) is 13.7 Å². The second-order valence-electron chi connectivity index (χ2n) is 12.7. The molecule has 0 amide bonds. The van der Waals surface area contributed by atoms with Gasteiger partial charge in [-0.3, -0.25) is 4.21 Å². The molecule has 3 fully saturated rings. The summed E-state index contributed by atoms with van der Waals surface area (Å²) >= 11 is 0. The Morgan fingerprint density at radius 2 is 1.95 bits per heavy atom. The van der Waals surface area contributed by atoms with Crippen molar-refractivity contribution in [2.24, 2.45) is 11.8 Å². The van der Waals surface area contributed by atoms with Crippen LogP contribution < -0.4 is 15.1 Å². The van der Waals surface area contributed by atoms with E-state index < -0.39 is 22.6 Å². The summed E-state index contributed by atoms with van der Waals surface area (Å²) in [6.45, 7) is 9.51. The van der Waals surface area contributed by atoms with Crippen molar-refractivity contribution in [2.45, 2.75) is 70.7 Å². The second kappa shape index (κ2) is 11.1. The van der Waals surface area contributed by atoms with Crippen molar-refractivity contribution in [3.8, 4) is 0 Å². The van der Waals surface area contributed by atoms with Gasteiger partial charge in [0.15, 0.2) is 5.67 Å². The minimum atomic E-state index is -1.71. The number of anilines is 4. The van der Waals surface area contributed by atoms with Gasteiger partial charge in [0.25, 0.3) is 0 Å². The van der Waals surface area contributed by atoms with Crippen LogP contribution in [0.3, 0.4) is 0 Å². The van der Waals surface area contributed by atoms with Gasteiger partial charge in [0.05, 0.1) is 12.6 Å². The average Bonchev–Trinajstić information content (AvgIpc) is 3.75. The van der Waals surface area contributed by atoms with E-state index in [4.69, 9.17) is 4.98 Å². The molecule has 220 valence electrons. The molecule has 3 aliphatic rings. The number of piperidine rings is 1. The fourth-order valence-electron chi connectivity index (χ4n) is 6.13. The Bertz CT molecular complexity index is 1450. The molecule has 10 heteroatoms. The number of hydrogen-bond acceptors (Lipinski definition) is 8. The topological polar surface area (TPSA) is 94.5 Å². The number of fused-ring (bicyclic) bond motifs is 1. The maximum absolute atomic E-state index is 14.8. The molecule has 4 heterocycles. The van der Waals surface area contributed by atoms with Crippen LogP contribution in [0.5, 0.6) is 0 Å². The zero-order valence-corrected chi connectivity index (χ0v) is 25.2. The molecule has 1 saturated carbocycles. The number of aliphatic hydroxyl groups is 1. The van der Waals surface area contributed by atoms with Crippen molar-refractivity contribution >= 4 is 44.8 Å². The number of nitrogens with one attached hydrogen (secondary N) is 1. The van der Waals surface area contributed by atoms with Crippen LogP contribution >= 0.6 is 0 Å². The van der Waals surface area contributed by atoms with Crippen molar-refractivity contribution in [3.63, 3.8) is 0 Å². The Balaban J connectivity index is 1.22. The van der Waals surface area contributed by atoms with Crippen LogP contribution in [0.15, 0.2) is 36.7 Å². The van der Waals surface area contributed by atoms with Gasteiger partial charge in [-0.2, -0.15) is 4.98 Å². The quantitative estimate of drug-likeness (QED) is 0.358. The Morgan fingerprint density at radius 3 is 2.66 bits per heavy atom. The van der Waals surface area contributed by atoms with Crippen LogP contribution in [-0.2, 0) is 10.8 Å². The van der Waals surface area contributed by atoms with E-state index in [-0.39, 0.29) is 6.54 Å². The summed E-state index contributed by atoms with van der Waals surface area (Å²) in [7, 11) is -0.718. The predicted octanol–water partition coefficient (Wildman–Crippen LogP) is 5.17. The molecule has 3 aromatic rings. The molecular weight excluding hydrogens is 539 g/mol. The number of alkyl halides is 1. The number of aromatic nitrogens is 3. The van der Waals surface area contributed by atoms with Crippen molar-refractivity contribution in [1.82, 2.24) is 15.0 Å². The molecule has 0 unspecified atom stereocenters. The van der Waals surface area contributed by atoms with Crippen LogP contribution in [0.1, 0.15) is 58.4 Å².